The van der Waals surface area contributed by atoms with Crippen molar-refractivity contribution in [3.8, 4) is 0 Å². The van der Waals surface area contributed by atoms with Crippen LogP contribution < -0.4 is 37.2 Å². The number of allylic oxidation sites excluding steroid dienone is 3. The van der Waals surface area contributed by atoms with Crippen LogP contribution in [0.4, 0.5) is 0 Å². The van der Waals surface area contributed by atoms with E-state index in [0.717, 1.165) is 5.70 Å². The van der Waals surface area contributed by atoms with E-state index in [2.05, 4.69) is 37.2 Å². The van der Waals surface area contributed by atoms with Gasteiger partial charge in [0.15, 0.2) is 0 Å². The number of carbonyl (C=O) groups is 5. The van der Waals surface area contributed by atoms with Crippen LogP contribution in [0.3, 0.4) is 0 Å². The summed E-state index contributed by atoms with van der Waals surface area (Å²) in [7, 11) is -1.22. The number of hydrogen-bond donors (Lipinski definition) is 7. The standard InChI is InChI=1S/C35H61N7O6S/c1-11-23(7)30(42-32(44)26-14-13-24(8)37-17-15-26)35(47)40-28(16-18-49(10)48)33(45)39-27(19-21(3)4)20-38-25(9)31(43)41-29(22(5)6)34(46)36-12-2/h13-15,17,21-23,25,27-30,37-38H,11-12,16,18-20H2,1-10H3,(H,36,46)(H,39,45)(H,40,47)(H,41,43)(H,42,44)/t23-,25-,27-,28-,29?,30-,49?/m0/s1. The van der Waals surface area contributed by atoms with E-state index in [4.69, 9.17) is 0 Å². The van der Waals surface area contributed by atoms with Crippen LogP contribution >= 0.6 is 0 Å². The molecule has 0 bridgehead atoms. The Bertz CT molecular complexity index is 1250. The highest BCUT2D eigenvalue weighted by molar-refractivity contribution is 7.84. The lowest BCUT2D eigenvalue weighted by Crippen LogP contribution is -2.58. The summed E-state index contributed by atoms with van der Waals surface area (Å²) in [6.07, 6.45) is 9.55. The predicted octanol–water partition coefficient (Wildman–Crippen LogP) is 1.50. The summed E-state index contributed by atoms with van der Waals surface area (Å²) in [5, 5.41) is 20.5. The van der Waals surface area contributed by atoms with E-state index in [1.165, 1.54) is 6.26 Å². The first-order valence-corrected chi connectivity index (χ1v) is 19.1. The molecule has 0 saturated heterocycles. The molecule has 2 unspecified atom stereocenters. The van der Waals surface area contributed by atoms with Gasteiger partial charge in [-0.05, 0) is 69.6 Å². The van der Waals surface area contributed by atoms with Crippen molar-refractivity contribution >= 4 is 40.3 Å². The zero-order valence-corrected chi connectivity index (χ0v) is 31.8. The Labute approximate surface area is 295 Å². The Kier molecular flexibility index (Phi) is 19.8. The Morgan fingerprint density at radius 3 is 2.08 bits per heavy atom. The molecule has 0 aromatic heterocycles. The molecule has 1 aliphatic heterocycles. The summed E-state index contributed by atoms with van der Waals surface area (Å²) in [6, 6.07) is -3.67. The average molecular weight is 708 g/mol. The van der Waals surface area contributed by atoms with Crippen molar-refractivity contribution in [2.24, 2.45) is 17.8 Å². The molecule has 7 atom stereocenters. The second kappa shape index (κ2) is 22.2. The van der Waals surface area contributed by atoms with Crippen molar-refractivity contribution in [2.45, 2.75) is 112 Å². The van der Waals surface area contributed by atoms with Gasteiger partial charge in [0, 0.05) is 59.4 Å². The normalized spacial score (nSPS) is 17.1. The van der Waals surface area contributed by atoms with Gasteiger partial charge in [-0.2, -0.15) is 0 Å². The van der Waals surface area contributed by atoms with Crippen molar-refractivity contribution in [2.75, 3.05) is 25.1 Å². The van der Waals surface area contributed by atoms with E-state index in [-0.39, 0.29) is 48.3 Å². The maximum Gasteiger partial charge on any atom is 0.251 e. The molecule has 5 amide bonds. The topological polar surface area (TPSA) is 187 Å². The van der Waals surface area contributed by atoms with E-state index in [9.17, 15) is 28.2 Å². The fourth-order valence-electron chi connectivity index (χ4n) is 5.05. The molecule has 1 aliphatic rings. The van der Waals surface area contributed by atoms with E-state index < -0.39 is 58.7 Å². The smallest absolute Gasteiger partial charge is 0.251 e. The number of nitrogens with one attached hydrogen (secondary N) is 7. The Hall–Kier alpha value is -3.52. The molecular formula is C35H61N7O6S. The Morgan fingerprint density at radius 2 is 1.51 bits per heavy atom. The first kappa shape index (κ1) is 43.5. The van der Waals surface area contributed by atoms with Crippen LogP contribution in [-0.4, -0.2) is 89.1 Å². The summed E-state index contributed by atoms with van der Waals surface area (Å²) in [5.41, 5.74) is 1.23. The largest absolute Gasteiger partial charge is 0.365 e. The highest BCUT2D eigenvalue weighted by Crippen LogP contribution is 2.13. The van der Waals surface area contributed by atoms with Gasteiger partial charge >= 0.3 is 0 Å². The summed E-state index contributed by atoms with van der Waals surface area (Å²) < 4.78 is 12.0. The molecule has 278 valence electrons. The molecule has 0 radical (unpaired) electrons. The van der Waals surface area contributed by atoms with Crippen LogP contribution in [0.1, 0.15) is 81.6 Å². The highest BCUT2D eigenvalue weighted by atomic mass is 32.2. The minimum absolute atomic E-state index is 0.113. The van der Waals surface area contributed by atoms with Gasteiger partial charge in [0.05, 0.1) is 6.04 Å². The van der Waals surface area contributed by atoms with Gasteiger partial charge in [0.25, 0.3) is 5.91 Å². The van der Waals surface area contributed by atoms with Crippen LogP contribution in [0.2, 0.25) is 0 Å². The fraction of sp³-hybridized carbons (Fsp3) is 0.686. The van der Waals surface area contributed by atoms with Gasteiger partial charge in [-0.3, -0.25) is 28.2 Å². The summed E-state index contributed by atoms with van der Waals surface area (Å²) >= 11 is 0. The maximum absolute atomic E-state index is 13.7. The molecule has 1 heterocycles. The average Bonchev–Trinajstić information content (AvgIpc) is 3.25. The van der Waals surface area contributed by atoms with Gasteiger partial charge in [-0.15, -0.1) is 0 Å². The molecule has 7 N–H and O–H groups in total. The minimum atomic E-state index is -1.22. The zero-order valence-electron chi connectivity index (χ0n) is 31.0. The fourth-order valence-corrected chi connectivity index (χ4v) is 5.61. The molecule has 0 aliphatic carbocycles. The van der Waals surface area contributed by atoms with Crippen LogP contribution in [0.25, 0.3) is 0 Å². The van der Waals surface area contributed by atoms with E-state index >= 15 is 0 Å². The molecule has 0 aromatic rings. The zero-order chi connectivity index (χ0) is 37.3. The van der Waals surface area contributed by atoms with Crippen molar-refractivity contribution < 1.29 is 28.2 Å². The van der Waals surface area contributed by atoms with Crippen LogP contribution in [-0.2, 0) is 34.8 Å². The van der Waals surface area contributed by atoms with Crippen molar-refractivity contribution in [3.63, 3.8) is 0 Å². The monoisotopic (exact) mass is 707 g/mol. The molecule has 0 fully saturated rings. The second-order valence-corrected chi connectivity index (χ2v) is 15.1. The number of amides is 5. The second-order valence-electron chi connectivity index (χ2n) is 13.5. The summed E-state index contributed by atoms with van der Waals surface area (Å²) in [5.74, 6) is -1.95. The molecular weight excluding hydrogens is 646 g/mol. The Morgan fingerprint density at radius 1 is 0.837 bits per heavy atom. The molecule has 0 aromatic carbocycles. The Balaban J connectivity index is 3.10. The maximum atomic E-state index is 13.7. The predicted molar refractivity (Wildman–Crippen MR) is 195 cm³/mol. The van der Waals surface area contributed by atoms with E-state index in [0.29, 0.717) is 25.0 Å². The first-order valence-electron chi connectivity index (χ1n) is 17.3. The third-order valence-electron chi connectivity index (χ3n) is 8.22. The van der Waals surface area contributed by atoms with Crippen LogP contribution in [0.5, 0.6) is 0 Å². The third kappa shape index (κ3) is 16.2. The quantitative estimate of drug-likeness (QED) is 0.0936. The lowest BCUT2D eigenvalue weighted by atomic mass is 9.97. The van der Waals surface area contributed by atoms with E-state index in [1.807, 2.05) is 55.4 Å². The minimum Gasteiger partial charge on any atom is -0.365 e. The van der Waals surface area contributed by atoms with Crippen molar-refractivity contribution in [1.29, 1.82) is 0 Å². The molecule has 14 heteroatoms. The number of rotatable bonds is 21. The van der Waals surface area contributed by atoms with Crippen LogP contribution in [0.15, 0.2) is 35.7 Å². The van der Waals surface area contributed by atoms with Gasteiger partial charge in [-0.1, -0.05) is 48.0 Å². The van der Waals surface area contributed by atoms with E-state index in [1.54, 1.807) is 31.4 Å². The molecule has 0 spiro atoms. The summed E-state index contributed by atoms with van der Waals surface area (Å²) in [6.45, 7) is 17.6. The lowest BCUT2D eigenvalue weighted by Gasteiger charge is -2.29. The van der Waals surface area contributed by atoms with Gasteiger partial charge in [0.2, 0.25) is 23.6 Å². The van der Waals surface area contributed by atoms with Crippen molar-refractivity contribution in [3.05, 3.63) is 35.7 Å². The number of likely N-dealkylation sites (N-methyl/N-ethyl adjacent to an activating group) is 1. The molecule has 49 heavy (non-hydrogen) atoms. The molecule has 13 nitrogen and oxygen atoms in total. The third-order valence-corrected chi connectivity index (χ3v) is 9.03. The van der Waals surface area contributed by atoms with Gasteiger partial charge in [0.1, 0.15) is 18.1 Å². The SMILES string of the molecule is CCNC(=O)C(NC(=O)[C@H](C)NC[C@H](CC(C)C)NC(=O)[C@H](CCS(C)=O)NC(=O)[C@@H](NC(=O)C1=CC=C(C)NC=C1)[C@@H](C)CC)C(C)C. The molecule has 0 saturated carbocycles. The van der Waals surface area contributed by atoms with Crippen molar-refractivity contribution in [1.82, 2.24) is 37.2 Å². The number of carbonyl (C=O) groups excluding carboxylic acids is 5. The van der Waals surface area contributed by atoms with Gasteiger partial charge < -0.3 is 37.2 Å². The first-order chi connectivity index (χ1) is 23.0. The van der Waals surface area contributed by atoms with Gasteiger partial charge in [-0.25, -0.2) is 0 Å². The molecule has 1 rings (SSSR count). The highest BCUT2D eigenvalue weighted by Gasteiger charge is 2.32. The summed E-state index contributed by atoms with van der Waals surface area (Å²) in [4.78, 5) is 66.0. The van der Waals surface area contributed by atoms with Crippen LogP contribution in [0, 0.1) is 17.8 Å². The lowest BCUT2D eigenvalue weighted by molar-refractivity contribution is -0.132. The number of hydrogen-bond acceptors (Lipinski definition) is 8.